The molecule has 17 heavy (non-hydrogen) atoms. The maximum absolute atomic E-state index is 11.0. The summed E-state index contributed by atoms with van der Waals surface area (Å²) in [5.74, 6) is 0.365. The number of benzene rings is 1. The van der Waals surface area contributed by atoms with Crippen LogP contribution in [-0.2, 0) is 9.53 Å². The third-order valence-electron chi connectivity index (χ3n) is 2.02. The second-order valence-electron chi connectivity index (χ2n) is 3.38. The van der Waals surface area contributed by atoms with Crippen LogP contribution in [0.25, 0.3) is 0 Å². The number of carbonyl (C=O) groups is 1. The number of halogens is 1. The molecule has 0 aromatic heterocycles. The van der Waals surface area contributed by atoms with E-state index >= 15 is 0 Å². The summed E-state index contributed by atoms with van der Waals surface area (Å²) in [5, 5.41) is 0.708. The third kappa shape index (κ3) is 4.91. The lowest BCUT2D eigenvalue weighted by Gasteiger charge is -2.04. The normalized spacial score (nSPS) is 10.5. The zero-order valence-corrected chi connectivity index (χ0v) is 10.7. The second-order valence-corrected chi connectivity index (χ2v) is 3.78. The van der Waals surface area contributed by atoms with Crippen LogP contribution in [0.4, 0.5) is 0 Å². The van der Waals surface area contributed by atoms with Crippen molar-refractivity contribution in [1.29, 1.82) is 0 Å². The zero-order chi connectivity index (χ0) is 12.7. The minimum atomic E-state index is -0.358. The summed E-state index contributed by atoms with van der Waals surface area (Å²) in [4.78, 5) is 11.0. The highest BCUT2D eigenvalue weighted by atomic mass is 35.5. The van der Waals surface area contributed by atoms with Crippen molar-refractivity contribution in [3.05, 3.63) is 40.9 Å². The van der Waals surface area contributed by atoms with Gasteiger partial charge in [0.15, 0.2) is 0 Å². The van der Waals surface area contributed by atoms with Crippen molar-refractivity contribution in [3.8, 4) is 5.75 Å². The summed E-state index contributed by atoms with van der Waals surface area (Å²) < 4.78 is 10.1. The van der Waals surface area contributed by atoms with Gasteiger partial charge in [-0.2, -0.15) is 0 Å². The molecule has 1 aromatic rings. The molecular weight excluding hydrogens is 240 g/mol. The molecule has 0 heterocycles. The highest BCUT2D eigenvalue weighted by Gasteiger charge is 1.97. The summed E-state index contributed by atoms with van der Waals surface area (Å²) in [6, 6.07) is 5.41. The monoisotopic (exact) mass is 254 g/mol. The molecule has 4 heteroatoms. The van der Waals surface area contributed by atoms with Crippen molar-refractivity contribution in [2.24, 2.45) is 0 Å². The molecule has 0 spiro atoms. The predicted molar refractivity (Wildman–Crippen MR) is 67.5 cm³/mol. The topological polar surface area (TPSA) is 35.5 Å². The molecule has 0 aliphatic carbocycles. The first-order chi connectivity index (χ1) is 8.13. The molecule has 92 valence electrons. The van der Waals surface area contributed by atoms with Gasteiger partial charge in [-0.1, -0.05) is 11.6 Å². The molecule has 3 nitrogen and oxygen atoms in total. The lowest BCUT2D eigenvalue weighted by atomic mass is 10.2. The van der Waals surface area contributed by atoms with Gasteiger partial charge in [0.1, 0.15) is 12.4 Å². The molecule has 0 radical (unpaired) electrons. The van der Waals surface area contributed by atoms with Crippen molar-refractivity contribution in [1.82, 2.24) is 0 Å². The summed E-state index contributed by atoms with van der Waals surface area (Å²) in [7, 11) is 0. The fourth-order valence-corrected chi connectivity index (χ4v) is 1.30. The van der Waals surface area contributed by atoms with E-state index in [4.69, 9.17) is 21.1 Å². The van der Waals surface area contributed by atoms with Gasteiger partial charge in [0.2, 0.25) is 0 Å². The van der Waals surface area contributed by atoms with Crippen molar-refractivity contribution in [3.63, 3.8) is 0 Å². The SMILES string of the molecule is CCOC(=O)/C=C/COc1ccc(Cl)c(C)c1. The molecule has 0 aliphatic heterocycles. The Bertz CT molecular complexity index is 413. The van der Waals surface area contributed by atoms with Gasteiger partial charge in [0.05, 0.1) is 6.61 Å². The predicted octanol–water partition coefficient (Wildman–Crippen LogP) is 3.15. The third-order valence-corrected chi connectivity index (χ3v) is 2.44. The van der Waals surface area contributed by atoms with Crippen molar-refractivity contribution in [2.75, 3.05) is 13.2 Å². The molecule has 0 aliphatic rings. The van der Waals surface area contributed by atoms with Crippen LogP contribution in [-0.4, -0.2) is 19.2 Å². The fraction of sp³-hybridized carbons (Fsp3) is 0.308. The first-order valence-electron chi connectivity index (χ1n) is 5.35. The minimum Gasteiger partial charge on any atom is -0.490 e. The van der Waals surface area contributed by atoms with E-state index in [0.717, 1.165) is 11.3 Å². The van der Waals surface area contributed by atoms with E-state index in [1.807, 2.05) is 13.0 Å². The number of hydrogen-bond donors (Lipinski definition) is 0. The molecule has 0 saturated carbocycles. The van der Waals surface area contributed by atoms with Crippen molar-refractivity contribution < 1.29 is 14.3 Å². The van der Waals surface area contributed by atoms with Crippen LogP contribution in [0.3, 0.4) is 0 Å². The van der Waals surface area contributed by atoms with Crippen LogP contribution in [0.2, 0.25) is 5.02 Å². The van der Waals surface area contributed by atoms with Crippen molar-refractivity contribution in [2.45, 2.75) is 13.8 Å². The smallest absolute Gasteiger partial charge is 0.330 e. The maximum atomic E-state index is 11.0. The molecule has 0 fully saturated rings. The fourth-order valence-electron chi connectivity index (χ4n) is 1.19. The van der Waals surface area contributed by atoms with E-state index in [1.165, 1.54) is 6.08 Å². The standard InChI is InChI=1S/C13H15ClO3/c1-3-16-13(15)5-4-8-17-11-6-7-12(14)10(2)9-11/h4-7,9H,3,8H2,1-2H3/b5-4+. The molecular formula is C13H15ClO3. The Balaban J connectivity index is 2.40. The van der Waals surface area contributed by atoms with E-state index in [2.05, 4.69) is 0 Å². The zero-order valence-electron chi connectivity index (χ0n) is 9.90. The Morgan fingerprint density at radius 1 is 1.47 bits per heavy atom. The Morgan fingerprint density at radius 2 is 2.24 bits per heavy atom. The van der Waals surface area contributed by atoms with Crippen LogP contribution in [0.5, 0.6) is 5.75 Å². The van der Waals surface area contributed by atoms with E-state index in [0.29, 0.717) is 18.2 Å². The molecule has 0 atom stereocenters. The van der Waals surface area contributed by atoms with E-state index in [-0.39, 0.29) is 5.97 Å². The molecule has 0 amide bonds. The Morgan fingerprint density at radius 3 is 2.88 bits per heavy atom. The number of esters is 1. The van der Waals surface area contributed by atoms with Crippen LogP contribution in [0, 0.1) is 6.92 Å². The summed E-state index contributed by atoms with van der Waals surface area (Å²) in [6.07, 6.45) is 2.97. The van der Waals surface area contributed by atoms with E-state index in [1.54, 1.807) is 25.1 Å². The van der Waals surface area contributed by atoms with Gasteiger partial charge >= 0.3 is 5.97 Å². The van der Waals surface area contributed by atoms with Gasteiger partial charge in [-0.3, -0.25) is 0 Å². The van der Waals surface area contributed by atoms with Gasteiger partial charge in [0, 0.05) is 11.1 Å². The first-order valence-corrected chi connectivity index (χ1v) is 5.73. The lowest BCUT2D eigenvalue weighted by Crippen LogP contribution is -2.01. The summed E-state index contributed by atoms with van der Waals surface area (Å²) >= 11 is 5.89. The van der Waals surface area contributed by atoms with Gasteiger partial charge in [0.25, 0.3) is 0 Å². The summed E-state index contributed by atoms with van der Waals surface area (Å²) in [5.41, 5.74) is 0.957. The van der Waals surface area contributed by atoms with Crippen molar-refractivity contribution >= 4 is 17.6 Å². The molecule has 0 saturated heterocycles. The highest BCUT2D eigenvalue weighted by Crippen LogP contribution is 2.20. The lowest BCUT2D eigenvalue weighted by molar-refractivity contribution is -0.137. The molecule has 1 rings (SSSR count). The quantitative estimate of drug-likeness (QED) is 0.598. The van der Waals surface area contributed by atoms with Gasteiger partial charge in [-0.15, -0.1) is 0 Å². The molecule has 0 N–H and O–H groups in total. The van der Waals surface area contributed by atoms with Crippen LogP contribution in [0.1, 0.15) is 12.5 Å². The number of carbonyl (C=O) groups excluding carboxylic acids is 1. The van der Waals surface area contributed by atoms with Crippen LogP contribution in [0.15, 0.2) is 30.4 Å². The van der Waals surface area contributed by atoms with E-state index < -0.39 is 0 Å². The largest absolute Gasteiger partial charge is 0.490 e. The minimum absolute atomic E-state index is 0.319. The number of hydrogen-bond acceptors (Lipinski definition) is 3. The average molecular weight is 255 g/mol. The van der Waals surface area contributed by atoms with Gasteiger partial charge < -0.3 is 9.47 Å². The Kier molecular flexibility index (Phi) is 5.57. The highest BCUT2D eigenvalue weighted by molar-refractivity contribution is 6.31. The molecule has 0 bridgehead atoms. The molecule has 1 aromatic carbocycles. The Hall–Kier alpha value is -1.48. The average Bonchev–Trinajstić information content (AvgIpc) is 2.29. The Labute approximate surface area is 106 Å². The first kappa shape index (κ1) is 13.6. The van der Waals surface area contributed by atoms with E-state index in [9.17, 15) is 4.79 Å². The number of rotatable bonds is 5. The number of ether oxygens (including phenoxy) is 2. The van der Waals surface area contributed by atoms with Gasteiger partial charge in [-0.25, -0.2) is 4.79 Å². The van der Waals surface area contributed by atoms with Crippen LogP contribution < -0.4 is 4.74 Å². The number of aryl methyl sites for hydroxylation is 1. The van der Waals surface area contributed by atoms with Crippen LogP contribution >= 0.6 is 11.6 Å². The second kappa shape index (κ2) is 6.97. The molecule has 0 unspecified atom stereocenters. The summed E-state index contributed by atoms with van der Waals surface area (Å²) in [6.45, 7) is 4.36. The maximum Gasteiger partial charge on any atom is 0.330 e. The van der Waals surface area contributed by atoms with Gasteiger partial charge in [-0.05, 0) is 43.7 Å².